The lowest BCUT2D eigenvalue weighted by Gasteiger charge is -2.31. The molecule has 32 heavy (non-hydrogen) atoms. The topological polar surface area (TPSA) is 67.9 Å². The van der Waals surface area contributed by atoms with Gasteiger partial charge in [0.2, 0.25) is 0 Å². The van der Waals surface area contributed by atoms with Crippen molar-refractivity contribution in [3.63, 3.8) is 0 Å². The summed E-state index contributed by atoms with van der Waals surface area (Å²) in [6, 6.07) is 13.0. The second-order valence-electron chi connectivity index (χ2n) is 8.48. The van der Waals surface area contributed by atoms with Crippen LogP contribution in [0.2, 0.25) is 0 Å². The molecule has 0 aliphatic carbocycles. The van der Waals surface area contributed by atoms with Gasteiger partial charge in [0.25, 0.3) is 0 Å². The van der Waals surface area contributed by atoms with Gasteiger partial charge in [-0.05, 0) is 72.7 Å². The molecule has 0 bridgehead atoms. The monoisotopic (exact) mass is 433 g/mol. The smallest absolute Gasteiger partial charge is 0.150 e. The van der Waals surface area contributed by atoms with Crippen LogP contribution < -0.4 is 5.73 Å². The lowest BCUT2D eigenvalue weighted by atomic mass is 9.92. The van der Waals surface area contributed by atoms with E-state index in [2.05, 4.69) is 48.1 Å². The number of aldehydes is 1. The fourth-order valence-electron chi connectivity index (χ4n) is 4.25. The van der Waals surface area contributed by atoms with E-state index in [0.717, 1.165) is 68.4 Å². The van der Waals surface area contributed by atoms with Crippen LogP contribution in [0.5, 0.6) is 0 Å². The SMILES string of the molecule is CCc1cc(CN(C)C2CCCOC2)c(C=O)cc1Cc1ccc(C(N)=CC=NC)cc1. The van der Waals surface area contributed by atoms with Crippen molar-refractivity contribution in [1.29, 1.82) is 0 Å². The summed E-state index contributed by atoms with van der Waals surface area (Å²) in [7, 11) is 3.85. The van der Waals surface area contributed by atoms with E-state index in [1.807, 2.05) is 12.1 Å². The number of hydrogen-bond acceptors (Lipinski definition) is 5. The van der Waals surface area contributed by atoms with Crippen LogP contribution in [0.25, 0.3) is 5.70 Å². The number of nitrogens with two attached hydrogens (primary N) is 1. The number of carbonyl (C=O) groups excluding carboxylic acids is 1. The van der Waals surface area contributed by atoms with Gasteiger partial charge in [0.15, 0.2) is 0 Å². The number of carbonyl (C=O) groups is 1. The van der Waals surface area contributed by atoms with E-state index < -0.39 is 0 Å². The zero-order chi connectivity index (χ0) is 22.9. The van der Waals surface area contributed by atoms with Crippen molar-refractivity contribution in [2.75, 3.05) is 27.3 Å². The van der Waals surface area contributed by atoms with E-state index >= 15 is 0 Å². The Bertz CT molecular complexity index is 958. The van der Waals surface area contributed by atoms with Crippen molar-refractivity contribution in [1.82, 2.24) is 4.90 Å². The van der Waals surface area contributed by atoms with Crippen LogP contribution in [0.4, 0.5) is 0 Å². The standard InChI is InChI=1S/C27H35N3O2/c1-4-21-15-24(17-30(3)26-6-5-13-32-19-26)25(18-31)16-23(21)14-20-7-9-22(10-8-20)27(28)11-12-29-2/h7-12,15-16,18,26H,4-6,13-14,17,19,28H2,1-3H3. The third-order valence-corrected chi connectivity index (χ3v) is 6.23. The highest BCUT2D eigenvalue weighted by Crippen LogP contribution is 2.23. The zero-order valence-electron chi connectivity index (χ0n) is 19.5. The van der Waals surface area contributed by atoms with Crippen LogP contribution in [-0.4, -0.2) is 50.8 Å². The Morgan fingerprint density at radius 2 is 2.00 bits per heavy atom. The second-order valence-corrected chi connectivity index (χ2v) is 8.48. The Kier molecular flexibility index (Phi) is 8.77. The summed E-state index contributed by atoms with van der Waals surface area (Å²) in [6.07, 6.45) is 8.45. The van der Waals surface area contributed by atoms with Gasteiger partial charge in [-0.25, -0.2) is 0 Å². The summed E-state index contributed by atoms with van der Waals surface area (Å²) in [4.78, 5) is 18.2. The van der Waals surface area contributed by atoms with Crippen LogP contribution in [0, 0.1) is 0 Å². The molecule has 2 N–H and O–H groups in total. The van der Waals surface area contributed by atoms with Crippen LogP contribution >= 0.6 is 0 Å². The van der Waals surface area contributed by atoms with E-state index in [4.69, 9.17) is 10.5 Å². The van der Waals surface area contributed by atoms with Crippen LogP contribution in [0.3, 0.4) is 0 Å². The van der Waals surface area contributed by atoms with Gasteiger partial charge in [-0.1, -0.05) is 37.3 Å². The average molecular weight is 434 g/mol. The Hall–Kier alpha value is -2.76. The Morgan fingerprint density at radius 1 is 1.22 bits per heavy atom. The molecule has 0 saturated carbocycles. The van der Waals surface area contributed by atoms with Gasteiger partial charge in [-0.15, -0.1) is 0 Å². The average Bonchev–Trinajstić information content (AvgIpc) is 2.84. The third kappa shape index (κ3) is 6.15. The molecule has 1 atom stereocenters. The first kappa shape index (κ1) is 23.9. The molecule has 3 rings (SSSR count). The lowest BCUT2D eigenvalue weighted by Crippen LogP contribution is -2.38. The zero-order valence-corrected chi connectivity index (χ0v) is 19.5. The molecule has 1 saturated heterocycles. The van der Waals surface area contributed by atoms with Gasteiger partial charge in [0.1, 0.15) is 6.29 Å². The van der Waals surface area contributed by atoms with Gasteiger partial charge in [0.05, 0.1) is 6.61 Å². The minimum Gasteiger partial charge on any atom is -0.398 e. The summed E-state index contributed by atoms with van der Waals surface area (Å²) in [5.74, 6) is 0. The van der Waals surface area contributed by atoms with Crippen LogP contribution in [0.1, 0.15) is 57.9 Å². The van der Waals surface area contributed by atoms with Crippen LogP contribution in [-0.2, 0) is 24.1 Å². The quantitative estimate of drug-likeness (QED) is 0.474. The van der Waals surface area contributed by atoms with Crippen molar-refractivity contribution in [3.8, 4) is 0 Å². The fraction of sp³-hybridized carbons (Fsp3) is 0.407. The maximum Gasteiger partial charge on any atom is 0.150 e. The summed E-state index contributed by atoms with van der Waals surface area (Å²) in [6.45, 7) is 4.56. The van der Waals surface area contributed by atoms with Crippen molar-refractivity contribution in [3.05, 3.63) is 75.9 Å². The molecule has 0 radical (unpaired) electrons. The van der Waals surface area contributed by atoms with E-state index in [0.29, 0.717) is 11.7 Å². The lowest BCUT2D eigenvalue weighted by molar-refractivity contribution is 0.0249. The number of allylic oxidation sites excluding steroid dienone is 1. The maximum absolute atomic E-state index is 11.9. The predicted octanol–water partition coefficient (Wildman–Crippen LogP) is 4.26. The second kappa shape index (κ2) is 11.7. The molecule has 0 amide bonds. The van der Waals surface area contributed by atoms with Gasteiger partial charge in [0, 0.05) is 43.7 Å². The minimum absolute atomic E-state index is 0.414. The Labute approximate surface area is 192 Å². The molecule has 2 aromatic rings. The number of rotatable bonds is 9. The van der Waals surface area contributed by atoms with Crippen molar-refractivity contribution < 1.29 is 9.53 Å². The molecule has 1 unspecified atom stereocenters. The third-order valence-electron chi connectivity index (χ3n) is 6.23. The number of aryl methyl sites for hydroxylation is 1. The number of hydrogen-bond donors (Lipinski definition) is 1. The van der Waals surface area contributed by atoms with Crippen LogP contribution in [0.15, 0.2) is 47.5 Å². The molecule has 1 aliphatic rings. The number of likely N-dealkylation sites (N-methyl/N-ethyl adjacent to an activating group) is 1. The van der Waals surface area contributed by atoms with Gasteiger partial charge in [-0.3, -0.25) is 14.7 Å². The molecule has 5 heteroatoms. The molecule has 5 nitrogen and oxygen atoms in total. The normalized spacial score (nSPS) is 17.2. The predicted molar refractivity (Wildman–Crippen MR) is 132 cm³/mol. The van der Waals surface area contributed by atoms with Crippen molar-refractivity contribution >= 4 is 18.2 Å². The highest BCUT2D eigenvalue weighted by atomic mass is 16.5. The molecular weight excluding hydrogens is 398 g/mol. The van der Waals surface area contributed by atoms with E-state index in [9.17, 15) is 4.79 Å². The Morgan fingerprint density at radius 3 is 2.62 bits per heavy atom. The number of ether oxygens (including phenoxy) is 1. The molecule has 1 aliphatic heterocycles. The van der Waals surface area contributed by atoms with Gasteiger partial charge >= 0.3 is 0 Å². The summed E-state index contributed by atoms with van der Waals surface area (Å²) >= 11 is 0. The first-order valence-corrected chi connectivity index (χ1v) is 11.4. The minimum atomic E-state index is 0.414. The van der Waals surface area contributed by atoms with E-state index in [1.165, 1.54) is 16.7 Å². The highest BCUT2D eigenvalue weighted by Gasteiger charge is 2.20. The summed E-state index contributed by atoms with van der Waals surface area (Å²) in [5.41, 5.74) is 13.3. The van der Waals surface area contributed by atoms with E-state index in [1.54, 1.807) is 19.3 Å². The maximum atomic E-state index is 11.9. The molecule has 1 heterocycles. The fourth-order valence-corrected chi connectivity index (χ4v) is 4.25. The van der Waals surface area contributed by atoms with E-state index in [-0.39, 0.29) is 0 Å². The first-order valence-electron chi connectivity index (χ1n) is 11.4. The molecule has 0 aromatic heterocycles. The number of aliphatic imine (C=N–C) groups is 1. The first-order chi connectivity index (χ1) is 15.5. The summed E-state index contributed by atoms with van der Waals surface area (Å²) in [5, 5.41) is 0. The molecule has 2 aromatic carbocycles. The van der Waals surface area contributed by atoms with Gasteiger partial charge < -0.3 is 10.5 Å². The largest absolute Gasteiger partial charge is 0.398 e. The molecule has 1 fully saturated rings. The number of benzene rings is 2. The van der Waals surface area contributed by atoms with Gasteiger partial charge in [-0.2, -0.15) is 0 Å². The molecule has 170 valence electrons. The highest BCUT2D eigenvalue weighted by molar-refractivity contribution is 5.83. The number of nitrogens with zero attached hydrogens (tertiary/aromatic N) is 2. The summed E-state index contributed by atoms with van der Waals surface area (Å²) < 4.78 is 5.64. The molecule has 0 spiro atoms. The van der Waals surface area contributed by atoms with Crippen molar-refractivity contribution in [2.24, 2.45) is 10.7 Å². The molecular formula is C27H35N3O2. The van der Waals surface area contributed by atoms with Crippen molar-refractivity contribution in [2.45, 2.75) is 45.2 Å². The Balaban J connectivity index is 1.79.